The second-order valence-corrected chi connectivity index (χ2v) is 6.22. The molecule has 2 aromatic carbocycles. The maximum absolute atomic E-state index is 13.7. The lowest BCUT2D eigenvalue weighted by molar-refractivity contribution is 0.237. The molecular formula is C18H21BrFNO2. The monoisotopic (exact) mass is 381 g/mol. The van der Waals surface area contributed by atoms with E-state index in [1.165, 1.54) is 6.07 Å². The fraction of sp³-hybridized carbons (Fsp3) is 0.333. The summed E-state index contributed by atoms with van der Waals surface area (Å²) in [5.74, 6) is 0.437. The lowest BCUT2D eigenvalue weighted by atomic mass is 10.1. The number of nitrogens with one attached hydrogen (secondary N) is 1. The molecule has 0 spiro atoms. The number of benzene rings is 2. The summed E-state index contributed by atoms with van der Waals surface area (Å²) in [5, 5.41) is 12.6. The highest BCUT2D eigenvalue weighted by atomic mass is 79.9. The summed E-state index contributed by atoms with van der Waals surface area (Å²) in [6, 6.07) is 12.4. The zero-order valence-corrected chi connectivity index (χ0v) is 14.6. The summed E-state index contributed by atoms with van der Waals surface area (Å²) in [4.78, 5) is 0. The summed E-state index contributed by atoms with van der Waals surface area (Å²) in [6.07, 6.45) is 0.843. The zero-order chi connectivity index (χ0) is 16.7. The topological polar surface area (TPSA) is 41.5 Å². The van der Waals surface area contributed by atoms with Crippen LogP contribution in [0.15, 0.2) is 46.9 Å². The van der Waals surface area contributed by atoms with Crippen LogP contribution in [0.5, 0.6) is 5.75 Å². The van der Waals surface area contributed by atoms with Crippen LogP contribution >= 0.6 is 15.9 Å². The van der Waals surface area contributed by atoms with Gasteiger partial charge in [-0.1, -0.05) is 41.1 Å². The number of hydrogen-bond acceptors (Lipinski definition) is 3. The predicted molar refractivity (Wildman–Crippen MR) is 92.9 cm³/mol. The van der Waals surface area contributed by atoms with Gasteiger partial charge in [-0.05, 0) is 30.7 Å². The van der Waals surface area contributed by atoms with Gasteiger partial charge in [0.15, 0.2) is 0 Å². The van der Waals surface area contributed by atoms with E-state index in [-0.39, 0.29) is 25.1 Å². The van der Waals surface area contributed by atoms with E-state index in [4.69, 9.17) is 4.74 Å². The zero-order valence-electron chi connectivity index (χ0n) is 13.1. The van der Waals surface area contributed by atoms with E-state index in [0.717, 1.165) is 16.5 Å². The minimum absolute atomic E-state index is 0.0494. The Kier molecular flexibility index (Phi) is 7.02. The lowest BCUT2D eigenvalue weighted by Crippen LogP contribution is -2.31. The lowest BCUT2D eigenvalue weighted by Gasteiger charge is -2.17. The largest absolute Gasteiger partial charge is 0.488 e. The first-order chi connectivity index (χ1) is 11.1. The Bertz CT molecular complexity index is 632. The van der Waals surface area contributed by atoms with Crippen LogP contribution in [0.1, 0.15) is 24.5 Å². The third-order valence-corrected chi connectivity index (χ3v) is 4.15. The molecule has 124 valence electrons. The van der Waals surface area contributed by atoms with Gasteiger partial charge in [-0.3, -0.25) is 0 Å². The normalized spacial score (nSPS) is 12.2. The van der Waals surface area contributed by atoms with E-state index in [0.29, 0.717) is 17.9 Å². The third-order valence-electron chi connectivity index (χ3n) is 3.66. The van der Waals surface area contributed by atoms with Crippen molar-refractivity contribution in [3.8, 4) is 5.75 Å². The van der Waals surface area contributed by atoms with E-state index < -0.39 is 0 Å². The van der Waals surface area contributed by atoms with Gasteiger partial charge in [0.2, 0.25) is 0 Å². The molecule has 0 aliphatic heterocycles. The first kappa shape index (κ1) is 17.9. The Hall–Kier alpha value is -1.43. The van der Waals surface area contributed by atoms with Crippen LogP contribution in [0.3, 0.4) is 0 Å². The number of aliphatic hydroxyl groups excluding tert-OH is 1. The fourth-order valence-electron chi connectivity index (χ4n) is 2.19. The molecule has 2 aromatic rings. The minimum atomic E-state index is -0.268. The average Bonchev–Trinajstić information content (AvgIpc) is 2.56. The van der Waals surface area contributed by atoms with E-state index in [2.05, 4.69) is 21.2 Å². The highest BCUT2D eigenvalue weighted by Gasteiger charge is 2.09. The van der Waals surface area contributed by atoms with Crippen molar-refractivity contribution in [1.82, 2.24) is 5.32 Å². The molecule has 0 bridgehead atoms. The summed E-state index contributed by atoms with van der Waals surface area (Å²) in [7, 11) is 0. The van der Waals surface area contributed by atoms with Crippen LogP contribution in [0.4, 0.5) is 4.39 Å². The number of ether oxygens (including phenoxy) is 1. The molecule has 0 aliphatic rings. The quantitative estimate of drug-likeness (QED) is 0.725. The van der Waals surface area contributed by atoms with Crippen molar-refractivity contribution in [2.45, 2.75) is 32.5 Å². The molecule has 0 unspecified atom stereocenters. The van der Waals surface area contributed by atoms with Crippen LogP contribution < -0.4 is 10.1 Å². The molecule has 0 heterocycles. The Morgan fingerprint density at radius 2 is 2.00 bits per heavy atom. The smallest absolute Gasteiger partial charge is 0.129 e. The highest BCUT2D eigenvalue weighted by Crippen LogP contribution is 2.24. The number of halogens is 2. The van der Waals surface area contributed by atoms with E-state index in [1.807, 2.05) is 25.1 Å². The molecule has 0 saturated carbocycles. The molecule has 23 heavy (non-hydrogen) atoms. The minimum Gasteiger partial charge on any atom is -0.488 e. The maximum Gasteiger partial charge on any atom is 0.129 e. The summed E-state index contributed by atoms with van der Waals surface area (Å²) >= 11 is 3.45. The molecule has 0 amide bonds. The molecule has 0 saturated heterocycles. The van der Waals surface area contributed by atoms with Crippen molar-refractivity contribution in [2.75, 3.05) is 6.61 Å². The van der Waals surface area contributed by atoms with Crippen LogP contribution in [0.25, 0.3) is 0 Å². The van der Waals surface area contributed by atoms with Gasteiger partial charge in [-0.2, -0.15) is 0 Å². The van der Waals surface area contributed by atoms with E-state index in [9.17, 15) is 9.50 Å². The van der Waals surface area contributed by atoms with Crippen molar-refractivity contribution in [3.63, 3.8) is 0 Å². The Balaban J connectivity index is 2.07. The van der Waals surface area contributed by atoms with Crippen LogP contribution in [0.2, 0.25) is 0 Å². The van der Waals surface area contributed by atoms with Crippen molar-refractivity contribution < 1.29 is 14.2 Å². The Labute approximate surface area is 144 Å². The molecule has 0 fully saturated rings. The van der Waals surface area contributed by atoms with Crippen molar-refractivity contribution in [1.29, 1.82) is 0 Å². The summed E-state index contributed by atoms with van der Waals surface area (Å²) in [5.41, 5.74) is 1.48. The van der Waals surface area contributed by atoms with E-state index in [1.54, 1.807) is 18.2 Å². The molecule has 3 nitrogen and oxygen atoms in total. The molecule has 2 N–H and O–H groups in total. The number of aliphatic hydroxyl groups is 1. The second kappa shape index (κ2) is 9.01. The Morgan fingerprint density at radius 1 is 1.22 bits per heavy atom. The first-order valence-electron chi connectivity index (χ1n) is 7.63. The van der Waals surface area contributed by atoms with Gasteiger partial charge in [0.25, 0.3) is 0 Å². The predicted octanol–water partition coefficient (Wildman–Crippen LogP) is 4.03. The maximum atomic E-state index is 13.7. The van der Waals surface area contributed by atoms with Crippen molar-refractivity contribution >= 4 is 15.9 Å². The Morgan fingerprint density at radius 3 is 2.70 bits per heavy atom. The third kappa shape index (κ3) is 5.30. The van der Waals surface area contributed by atoms with Gasteiger partial charge < -0.3 is 15.2 Å². The van der Waals surface area contributed by atoms with Crippen molar-refractivity contribution in [2.24, 2.45) is 0 Å². The molecule has 5 heteroatoms. The van der Waals surface area contributed by atoms with Crippen LogP contribution in [-0.2, 0) is 13.2 Å². The molecule has 0 radical (unpaired) electrons. The van der Waals surface area contributed by atoms with Gasteiger partial charge in [-0.15, -0.1) is 0 Å². The van der Waals surface area contributed by atoms with Crippen LogP contribution in [0, 0.1) is 5.82 Å². The standard InChI is InChI=1S/C18H21BrFNO2/c1-2-16(11-22)21-10-14-9-15(19)7-8-18(14)23-12-13-5-3-4-6-17(13)20/h3-9,16,21-22H,2,10-12H2,1H3/t16-/m1/s1. The van der Waals surface area contributed by atoms with Gasteiger partial charge >= 0.3 is 0 Å². The molecular weight excluding hydrogens is 361 g/mol. The second-order valence-electron chi connectivity index (χ2n) is 5.30. The molecule has 1 atom stereocenters. The summed E-state index contributed by atoms with van der Waals surface area (Å²) < 4.78 is 20.4. The highest BCUT2D eigenvalue weighted by molar-refractivity contribution is 9.10. The average molecular weight is 382 g/mol. The van der Waals surface area contributed by atoms with Crippen molar-refractivity contribution in [3.05, 3.63) is 63.9 Å². The van der Waals surface area contributed by atoms with Gasteiger partial charge in [-0.25, -0.2) is 4.39 Å². The van der Waals surface area contributed by atoms with Gasteiger partial charge in [0.1, 0.15) is 18.2 Å². The van der Waals surface area contributed by atoms with Crippen LogP contribution in [-0.4, -0.2) is 17.8 Å². The van der Waals surface area contributed by atoms with Gasteiger partial charge in [0, 0.05) is 28.2 Å². The van der Waals surface area contributed by atoms with E-state index >= 15 is 0 Å². The number of hydrogen-bond donors (Lipinski definition) is 2. The number of rotatable bonds is 8. The SMILES string of the molecule is CC[C@H](CO)NCc1cc(Br)ccc1OCc1ccccc1F. The molecule has 0 aromatic heterocycles. The first-order valence-corrected chi connectivity index (χ1v) is 8.42. The fourth-order valence-corrected chi connectivity index (χ4v) is 2.60. The summed E-state index contributed by atoms with van der Waals surface area (Å²) in [6.45, 7) is 2.87. The molecule has 2 rings (SSSR count). The molecule has 0 aliphatic carbocycles. The van der Waals surface area contributed by atoms with Gasteiger partial charge in [0.05, 0.1) is 6.61 Å².